The predicted molar refractivity (Wildman–Crippen MR) is 58.4 cm³/mol. The van der Waals surface area contributed by atoms with Gasteiger partial charge >= 0.3 is 5.97 Å². The number of hydrogen-bond acceptors (Lipinski definition) is 5. The summed E-state index contributed by atoms with van der Waals surface area (Å²) in [6.45, 7) is 2.01. The number of ether oxygens (including phenoxy) is 1. The number of amides is 1. The number of carboxylic acid groups (broad SMARTS) is 1. The highest BCUT2D eigenvalue weighted by molar-refractivity contribution is 5.84. The maximum absolute atomic E-state index is 12.1. The van der Waals surface area contributed by atoms with Gasteiger partial charge in [-0.15, -0.1) is 0 Å². The van der Waals surface area contributed by atoms with Crippen molar-refractivity contribution in [3.8, 4) is 0 Å². The number of rotatable bonds is 3. The van der Waals surface area contributed by atoms with Crippen LogP contribution in [0.3, 0.4) is 0 Å². The number of carboxylic acids is 1. The number of likely N-dealkylation sites (N-methyl/N-ethyl adjacent to an activating group) is 1. The minimum Gasteiger partial charge on any atom is -0.480 e. The second-order valence-electron chi connectivity index (χ2n) is 4.37. The van der Waals surface area contributed by atoms with Crippen LogP contribution in [-0.2, 0) is 14.3 Å². The molecule has 2 saturated heterocycles. The van der Waals surface area contributed by atoms with Crippen molar-refractivity contribution in [1.29, 1.82) is 0 Å². The molecule has 0 radical (unpaired) electrons. The maximum atomic E-state index is 12.1. The molecule has 1 amide bonds. The second-order valence-corrected chi connectivity index (χ2v) is 4.37. The Bertz CT molecular complexity index is 317. The van der Waals surface area contributed by atoms with Gasteiger partial charge in [-0.25, -0.2) is 0 Å². The summed E-state index contributed by atoms with van der Waals surface area (Å²) in [6.07, 6.45) is -0.260. The Morgan fingerprint density at radius 3 is 2.94 bits per heavy atom. The molecule has 2 rings (SSSR count). The standard InChI is InChI=1S/C10H17N3O4/c1-12-2-3-13(5-8(14)15)9(10(12)16)7-4-11-6-17-7/h7,9,11H,2-6H2,1H3,(H,14,15). The Hall–Kier alpha value is -1.18. The molecule has 2 fully saturated rings. The van der Waals surface area contributed by atoms with Crippen LogP contribution in [0.15, 0.2) is 0 Å². The van der Waals surface area contributed by atoms with E-state index in [1.54, 1.807) is 16.8 Å². The molecule has 2 atom stereocenters. The van der Waals surface area contributed by atoms with E-state index in [-0.39, 0.29) is 18.6 Å². The van der Waals surface area contributed by atoms with E-state index >= 15 is 0 Å². The van der Waals surface area contributed by atoms with Crippen molar-refractivity contribution in [3.05, 3.63) is 0 Å². The number of hydrogen-bond donors (Lipinski definition) is 2. The lowest BCUT2D eigenvalue weighted by Gasteiger charge is -2.40. The van der Waals surface area contributed by atoms with Crippen molar-refractivity contribution in [2.45, 2.75) is 12.1 Å². The lowest BCUT2D eigenvalue weighted by atomic mass is 10.1. The van der Waals surface area contributed by atoms with E-state index in [4.69, 9.17) is 9.84 Å². The molecule has 0 spiro atoms. The zero-order valence-electron chi connectivity index (χ0n) is 9.76. The lowest BCUT2D eigenvalue weighted by molar-refractivity contribution is -0.150. The molecule has 2 aliphatic rings. The summed E-state index contributed by atoms with van der Waals surface area (Å²) in [6, 6.07) is -0.486. The summed E-state index contributed by atoms with van der Waals surface area (Å²) in [5.74, 6) is -0.982. The fraction of sp³-hybridized carbons (Fsp3) is 0.800. The fourth-order valence-electron chi connectivity index (χ4n) is 2.28. The molecule has 96 valence electrons. The SMILES string of the molecule is CN1CCN(CC(=O)O)C(C2CNCO2)C1=O. The Morgan fingerprint density at radius 1 is 1.59 bits per heavy atom. The normalized spacial score (nSPS) is 30.9. The molecule has 0 aromatic rings. The van der Waals surface area contributed by atoms with Crippen LogP contribution in [0.2, 0.25) is 0 Å². The van der Waals surface area contributed by atoms with Gasteiger partial charge in [-0.1, -0.05) is 0 Å². The quantitative estimate of drug-likeness (QED) is 0.606. The molecule has 0 aliphatic carbocycles. The minimum atomic E-state index is -0.918. The van der Waals surface area contributed by atoms with Crippen LogP contribution in [-0.4, -0.2) is 78.9 Å². The highest BCUT2D eigenvalue weighted by Crippen LogP contribution is 2.17. The third-order valence-electron chi connectivity index (χ3n) is 3.18. The van der Waals surface area contributed by atoms with E-state index in [1.807, 2.05) is 0 Å². The summed E-state index contributed by atoms with van der Waals surface area (Å²) in [5, 5.41) is 11.9. The highest BCUT2D eigenvalue weighted by Gasteiger charge is 2.41. The van der Waals surface area contributed by atoms with E-state index in [2.05, 4.69) is 5.32 Å². The van der Waals surface area contributed by atoms with E-state index in [0.29, 0.717) is 26.4 Å². The summed E-state index contributed by atoms with van der Waals surface area (Å²) in [7, 11) is 1.73. The average molecular weight is 243 g/mol. The van der Waals surface area contributed by atoms with Crippen LogP contribution >= 0.6 is 0 Å². The predicted octanol–water partition coefficient (Wildman–Crippen LogP) is -1.84. The number of piperazine rings is 1. The third kappa shape index (κ3) is 2.56. The smallest absolute Gasteiger partial charge is 0.317 e. The van der Waals surface area contributed by atoms with E-state index in [0.717, 1.165) is 0 Å². The molecule has 2 heterocycles. The molecule has 17 heavy (non-hydrogen) atoms. The van der Waals surface area contributed by atoms with Gasteiger partial charge in [0.1, 0.15) is 6.04 Å². The zero-order valence-corrected chi connectivity index (χ0v) is 9.76. The lowest BCUT2D eigenvalue weighted by Crippen LogP contribution is -2.61. The van der Waals surface area contributed by atoms with E-state index < -0.39 is 12.0 Å². The molecule has 0 aromatic carbocycles. The van der Waals surface area contributed by atoms with Gasteiger partial charge in [0.15, 0.2) is 0 Å². The average Bonchev–Trinajstić information content (AvgIpc) is 2.76. The van der Waals surface area contributed by atoms with Crippen molar-refractivity contribution < 1.29 is 19.4 Å². The summed E-state index contributed by atoms with van der Waals surface area (Å²) in [5.41, 5.74) is 0. The van der Waals surface area contributed by atoms with Gasteiger partial charge < -0.3 is 14.7 Å². The number of carbonyl (C=O) groups is 2. The van der Waals surface area contributed by atoms with E-state index in [9.17, 15) is 9.59 Å². The molecular formula is C10H17N3O4. The van der Waals surface area contributed by atoms with Gasteiger partial charge in [-0.05, 0) is 0 Å². The number of nitrogens with one attached hydrogen (secondary N) is 1. The Kier molecular flexibility index (Phi) is 3.60. The van der Waals surface area contributed by atoms with Crippen LogP contribution < -0.4 is 5.32 Å². The van der Waals surface area contributed by atoms with Gasteiger partial charge in [0.25, 0.3) is 0 Å². The number of carbonyl (C=O) groups excluding carboxylic acids is 1. The molecule has 0 saturated carbocycles. The molecule has 0 aromatic heterocycles. The van der Waals surface area contributed by atoms with Crippen LogP contribution in [0.4, 0.5) is 0 Å². The fourth-order valence-corrected chi connectivity index (χ4v) is 2.28. The molecular weight excluding hydrogens is 226 g/mol. The number of aliphatic carboxylic acids is 1. The molecule has 2 aliphatic heterocycles. The monoisotopic (exact) mass is 243 g/mol. The van der Waals surface area contributed by atoms with Crippen molar-refractivity contribution >= 4 is 11.9 Å². The van der Waals surface area contributed by atoms with Gasteiger partial charge in [-0.3, -0.25) is 19.8 Å². The first-order valence-electron chi connectivity index (χ1n) is 5.62. The topological polar surface area (TPSA) is 82.1 Å². The van der Waals surface area contributed by atoms with Crippen LogP contribution in [0.25, 0.3) is 0 Å². The molecule has 0 bridgehead atoms. The molecule has 2 N–H and O–H groups in total. The van der Waals surface area contributed by atoms with Crippen molar-refractivity contribution in [1.82, 2.24) is 15.1 Å². The molecule has 7 heteroatoms. The number of nitrogens with zero attached hydrogens (tertiary/aromatic N) is 2. The van der Waals surface area contributed by atoms with Crippen LogP contribution in [0, 0.1) is 0 Å². The second kappa shape index (κ2) is 4.99. The minimum absolute atomic E-state index is 0.0637. The van der Waals surface area contributed by atoms with Gasteiger partial charge in [-0.2, -0.15) is 0 Å². The summed E-state index contributed by atoms with van der Waals surface area (Å²) in [4.78, 5) is 26.2. The Labute approximate surface area is 99.3 Å². The molecule has 2 unspecified atom stereocenters. The first-order chi connectivity index (χ1) is 8.09. The Balaban J connectivity index is 2.12. The zero-order chi connectivity index (χ0) is 12.4. The van der Waals surface area contributed by atoms with Gasteiger partial charge in [0.2, 0.25) is 5.91 Å². The summed E-state index contributed by atoms with van der Waals surface area (Å²) >= 11 is 0. The van der Waals surface area contributed by atoms with Crippen LogP contribution in [0.1, 0.15) is 0 Å². The van der Waals surface area contributed by atoms with Gasteiger partial charge in [0, 0.05) is 26.7 Å². The first kappa shape index (κ1) is 12.3. The van der Waals surface area contributed by atoms with Gasteiger partial charge in [0.05, 0.1) is 19.4 Å². The Morgan fingerprint density at radius 2 is 2.35 bits per heavy atom. The van der Waals surface area contributed by atoms with Crippen molar-refractivity contribution in [2.24, 2.45) is 0 Å². The van der Waals surface area contributed by atoms with E-state index in [1.165, 1.54) is 0 Å². The largest absolute Gasteiger partial charge is 0.480 e. The third-order valence-corrected chi connectivity index (χ3v) is 3.18. The van der Waals surface area contributed by atoms with Crippen molar-refractivity contribution in [2.75, 3.05) is 40.0 Å². The van der Waals surface area contributed by atoms with Crippen LogP contribution in [0.5, 0.6) is 0 Å². The maximum Gasteiger partial charge on any atom is 0.317 e. The first-order valence-corrected chi connectivity index (χ1v) is 5.62. The molecule has 7 nitrogen and oxygen atoms in total. The summed E-state index contributed by atoms with van der Waals surface area (Å²) < 4.78 is 5.43. The highest BCUT2D eigenvalue weighted by atomic mass is 16.5. The van der Waals surface area contributed by atoms with Crippen molar-refractivity contribution in [3.63, 3.8) is 0 Å².